The van der Waals surface area contributed by atoms with Crippen LogP contribution in [0.15, 0.2) is 66.7 Å². The van der Waals surface area contributed by atoms with Gasteiger partial charge in [0.25, 0.3) is 5.91 Å². The number of ether oxygens (including phenoxy) is 2. The molecule has 1 aliphatic heterocycles. The van der Waals surface area contributed by atoms with Gasteiger partial charge in [0.05, 0.1) is 20.3 Å². The average molecular weight is 460 g/mol. The van der Waals surface area contributed by atoms with Crippen LogP contribution in [0, 0.1) is 0 Å². The summed E-state index contributed by atoms with van der Waals surface area (Å²) in [6.45, 7) is 2.26. The number of anilines is 1. The van der Waals surface area contributed by atoms with Crippen molar-refractivity contribution >= 4 is 11.6 Å². The average Bonchev–Trinajstić information content (AvgIpc) is 2.88. The highest BCUT2D eigenvalue weighted by molar-refractivity contribution is 5.99. The summed E-state index contributed by atoms with van der Waals surface area (Å²) < 4.78 is 10.9. The normalized spacial score (nSPS) is 14.1. The first-order chi connectivity index (χ1) is 16.5. The fraction of sp³-hybridized carbons (Fsp3) is 0.321. The first-order valence-corrected chi connectivity index (χ1v) is 11.6. The molecule has 0 saturated carbocycles. The second-order valence-electron chi connectivity index (χ2n) is 8.74. The first kappa shape index (κ1) is 23.6. The van der Waals surface area contributed by atoms with Crippen LogP contribution in [0.1, 0.15) is 33.1 Å². The molecule has 6 heteroatoms. The number of benzene rings is 3. The van der Waals surface area contributed by atoms with E-state index < -0.39 is 0 Å². The van der Waals surface area contributed by atoms with Gasteiger partial charge in [-0.2, -0.15) is 0 Å². The predicted molar refractivity (Wildman–Crippen MR) is 136 cm³/mol. The molecule has 0 fully saturated rings. The summed E-state index contributed by atoms with van der Waals surface area (Å²) in [6.07, 6.45) is 0.997. The summed E-state index contributed by atoms with van der Waals surface area (Å²) in [7, 11) is 7.20. The van der Waals surface area contributed by atoms with Crippen molar-refractivity contribution in [3.05, 3.63) is 89.0 Å². The minimum Gasteiger partial charge on any atom is -0.496 e. The number of fused-ring (bicyclic) bond motifs is 1. The van der Waals surface area contributed by atoms with E-state index in [1.165, 1.54) is 16.7 Å². The highest BCUT2D eigenvalue weighted by Crippen LogP contribution is 2.31. The molecule has 4 rings (SSSR count). The Morgan fingerprint density at radius 1 is 0.941 bits per heavy atom. The predicted octanol–water partition coefficient (Wildman–Crippen LogP) is 4.30. The largest absolute Gasteiger partial charge is 0.496 e. The maximum Gasteiger partial charge on any atom is 0.258 e. The molecule has 178 valence electrons. The van der Waals surface area contributed by atoms with E-state index in [9.17, 15) is 4.79 Å². The number of nitrogens with one attached hydrogen (secondary N) is 1. The number of carbonyl (C=O) groups excluding carboxylic acids is 1. The highest BCUT2D eigenvalue weighted by Gasteiger charge is 2.26. The van der Waals surface area contributed by atoms with Gasteiger partial charge in [0.1, 0.15) is 17.1 Å². The zero-order valence-corrected chi connectivity index (χ0v) is 20.4. The van der Waals surface area contributed by atoms with Gasteiger partial charge >= 0.3 is 0 Å². The standard InChI is InChI=1S/C28H33N3O3/c1-30(2)23-14-12-21(13-15-23)24(31-17-16-20-8-5-6-9-22(20)19-31)18-29-28(32)27-25(33-3)10-7-11-26(27)34-4/h5-15,24H,16-19H2,1-4H3,(H,29,32)/t24-/m0/s1. The third kappa shape index (κ3) is 5.02. The van der Waals surface area contributed by atoms with Gasteiger partial charge in [-0.1, -0.05) is 42.5 Å². The molecule has 0 aromatic heterocycles. The molecule has 0 bridgehead atoms. The van der Waals surface area contributed by atoms with Crippen LogP contribution in [0.4, 0.5) is 5.69 Å². The van der Waals surface area contributed by atoms with Crippen LogP contribution in [-0.4, -0.2) is 52.2 Å². The van der Waals surface area contributed by atoms with Gasteiger partial charge in [0, 0.05) is 39.4 Å². The Labute approximate surface area is 202 Å². The SMILES string of the molecule is COc1cccc(OC)c1C(=O)NC[C@@H](c1ccc(N(C)C)cc1)N1CCc2ccccc2C1. The van der Waals surface area contributed by atoms with Crippen LogP contribution in [0.25, 0.3) is 0 Å². The Morgan fingerprint density at radius 2 is 1.59 bits per heavy atom. The first-order valence-electron chi connectivity index (χ1n) is 11.6. The fourth-order valence-electron chi connectivity index (χ4n) is 4.59. The van der Waals surface area contributed by atoms with Crippen molar-refractivity contribution in [2.24, 2.45) is 0 Å². The fourth-order valence-corrected chi connectivity index (χ4v) is 4.59. The van der Waals surface area contributed by atoms with Crippen LogP contribution in [0.5, 0.6) is 11.5 Å². The molecule has 0 spiro atoms. The number of methoxy groups -OCH3 is 2. The van der Waals surface area contributed by atoms with Gasteiger partial charge in [-0.25, -0.2) is 0 Å². The van der Waals surface area contributed by atoms with E-state index in [0.29, 0.717) is 23.6 Å². The highest BCUT2D eigenvalue weighted by atomic mass is 16.5. The number of nitrogens with zero attached hydrogens (tertiary/aromatic N) is 2. The number of carbonyl (C=O) groups is 1. The summed E-state index contributed by atoms with van der Waals surface area (Å²) in [5.74, 6) is 0.785. The van der Waals surface area contributed by atoms with Gasteiger partial charge < -0.3 is 19.7 Å². The maximum atomic E-state index is 13.3. The molecule has 0 unspecified atom stereocenters. The summed E-state index contributed by atoms with van der Waals surface area (Å²) in [6, 6.07) is 22.6. The minimum absolute atomic E-state index is 0.0363. The van der Waals surface area contributed by atoms with Gasteiger partial charge in [0.15, 0.2) is 0 Å². The summed E-state index contributed by atoms with van der Waals surface area (Å²) in [5.41, 5.74) is 5.49. The lowest BCUT2D eigenvalue weighted by atomic mass is 9.96. The van der Waals surface area contributed by atoms with E-state index in [-0.39, 0.29) is 11.9 Å². The summed E-state index contributed by atoms with van der Waals surface area (Å²) >= 11 is 0. The van der Waals surface area contributed by atoms with Crippen molar-refractivity contribution < 1.29 is 14.3 Å². The van der Waals surface area contributed by atoms with Crippen LogP contribution in [0.2, 0.25) is 0 Å². The molecular weight excluding hydrogens is 426 g/mol. The van der Waals surface area contributed by atoms with Crippen LogP contribution < -0.4 is 19.7 Å². The van der Waals surface area contributed by atoms with E-state index in [1.807, 2.05) is 20.2 Å². The molecule has 0 radical (unpaired) electrons. The smallest absolute Gasteiger partial charge is 0.258 e. The molecule has 1 atom stereocenters. The second-order valence-corrected chi connectivity index (χ2v) is 8.74. The van der Waals surface area contributed by atoms with Crippen LogP contribution >= 0.6 is 0 Å². The van der Waals surface area contributed by atoms with Crippen molar-refractivity contribution in [3.63, 3.8) is 0 Å². The quantitative estimate of drug-likeness (QED) is 0.544. The minimum atomic E-state index is -0.207. The molecule has 1 amide bonds. The van der Waals surface area contributed by atoms with Gasteiger partial charge in [-0.3, -0.25) is 9.69 Å². The third-order valence-electron chi connectivity index (χ3n) is 6.51. The summed E-state index contributed by atoms with van der Waals surface area (Å²) in [4.78, 5) is 17.8. The van der Waals surface area contributed by atoms with Crippen molar-refractivity contribution in [1.29, 1.82) is 0 Å². The number of hydrogen-bond donors (Lipinski definition) is 1. The zero-order valence-electron chi connectivity index (χ0n) is 20.4. The van der Waals surface area contributed by atoms with Gasteiger partial charge in [-0.15, -0.1) is 0 Å². The summed E-state index contributed by atoms with van der Waals surface area (Å²) in [5, 5.41) is 3.15. The van der Waals surface area contributed by atoms with Crippen molar-refractivity contribution in [2.45, 2.75) is 19.0 Å². The number of rotatable bonds is 8. The van der Waals surface area contributed by atoms with Crippen molar-refractivity contribution in [2.75, 3.05) is 46.3 Å². The molecular formula is C28H33N3O3. The molecule has 34 heavy (non-hydrogen) atoms. The molecule has 0 saturated heterocycles. The van der Waals surface area contributed by atoms with Crippen LogP contribution in [-0.2, 0) is 13.0 Å². The Kier molecular flexibility index (Phi) is 7.38. The third-order valence-corrected chi connectivity index (χ3v) is 6.51. The van der Waals surface area contributed by atoms with Gasteiger partial charge in [-0.05, 0) is 47.4 Å². The second kappa shape index (κ2) is 10.6. The Morgan fingerprint density at radius 3 is 2.21 bits per heavy atom. The Hall–Kier alpha value is -3.51. The van der Waals surface area contributed by atoms with Crippen LogP contribution in [0.3, 0.4) is 0 Å². The molecule has 3 aromatic rings. The molecule has 1 N–H and O–H groups in total. The molecule has 0 aliphatic carbocycles. The lowest BCUT2D eigenvalue weighted by Gasteiger charge is -2.36. The van der Waals surface area contributed by atoms with Crippen molar-refractivity contribution in [3.8, 4) is 11.5 Å². The molecule has 6 nitrogen and oxygen atoms in total. The van der Waals surface area contributed by atoms with E-state index >= 15 is 0 Å². The molecule has 1 aliphatic rings. The Bertz CT molecular complexity index is 1110. The van der Waals surface area contributed by atoms with Crippen molar-refractivity contribution in [1.82, 2.24) is 10.2 Å². The monoisotopic (exact) mass is 459 g/mol. The lowest BCUT2D eigenvalue weighted by Crippen LogP contribution is -2.40. The molecule has 1 heterocycles. The molecule has 3 aromatic carbocycles. The number of amides is 1. The van der Waals surface area contributed by atoms with Gasteiger partial charge in [0.2, 0.25) is 0 Å². The lowest BCUT2D eigenvalue weighted by molar-refractivity contribution is 0.0921. The Balaban J connectivity index is 1.60. The van der Waals surface area contributed by atoms with E-state index in [1.54, 1.807) is 26.4 Å². The van der Waals surface area contributed by atoms with E-state index in [2.05, 4.69) is 63.6 Å². The topological polar surface area (TPSA) is 54.0 Å². The number of hydrogen-bond acceptors (Lipinski definition) is 5. The zero-order chi connectivity index (χ0) is 24.1. The maximum absolute atomic E-state index is 13.3. The van der Waals surface area contributed by atoms with E-state index in [4.69, 9.17) is 9.47 Å². The van der Waals surface area contributed by atoms with E-state index in [0.717, 1.165) is 25.2 Å².